The van der Waals surface area contributed by atoms with Crippen LogP contribution in [0.1, 0.15) is 15.9 Å². The molecule has 2 heterocycles. The van der Waals surface area contributed by atoms with E-state index in [1.165, 1.54) is 29.5 Å². The number of fused-ring (bicyclic) bond motifs is 1. The number of non-ortho nitro benzene ring substituents is 1. The topological polar surface area (TPSA) is 109 Å². The van der Waals surface area contributed by atoms with E-state index in [-0.39, 0.29) is 17.5 Å². The summed E-state index contributed by atoms with van der Waals surface area (Å²) in [5.74, 6) is -0.360. The fourth-order valence-corrected chi connectivity index (χ4v) is 4.24. The number of rotatable bonds is 5. The molecule has 0 atom stereocenters. The number of nitrogens with zero attached hydrogens (tertiary/aromatic N) is 4. The number of piperazine rings is 1. The van der Waals surface area contributed by atoms with Crippen molar-refractivity contribution in [3.05, 3.63) is 69.8 Å². The number of carbonyl (C=O) groups excluding carboxylic acids is 2. The van der Waals surface area contributed by atoms with Crippen molar-refractivity contribution in [3.63, 3.8) is 0 Å². The van der Waals surface area contributed by atoms with Crippen molar-refractivity contribution in [3.8, 4) is 0 Å². The second kappa shape index (κ2) is 9.25. The van der Waals surface area contributed by atoms with E-state index >= 15 is 0 Å². The fraction of sp³-hybridized carbons (Fsp3) is 0.227. The van der Waals surface area contributed by atoms with Gasteiger partial charge in [0.1, 0.15) is 0 Å². The van der Waals surface area contributed by atoms with Crippen LogP contribution in [0.2, 0.25) is 0 Å². The molecule has 1 N–H and O–H groups in total. The molecule has 10 heteroatoms. The summed E-state index contributed by atoms with van der Waals surface area (Å²) in [5.41, 5.74) is 1.98. The minimum atomic E-state index is -0.475. The molecule has 1 aromatic heterocycles. The molecule has 164 valence electrons. The standard InChI is InChI=1S/C22H21N5O4S/c1-25-10-12-26(13-11-25)21(29)16-5-8-18-19(14-16)32-22(23-18)24-20(28)9-4-15-2-6-17(7-3-15)27(30)31/h2-9,14H,10-13H2,1H3,(H,23,24,28)/b9-4+. The first-order valence-electron chi connectivity index (χ1n) is 10.0. The molecule has 1 aliphatic heterocycles. The Kier molecular flexibility index (Phi) is 6.24. The number of carbonyl (C=O) groups is 2. The molecule has 2 aromatic carbocycles. The van der Waals surface area contributed by atoms with E-state index in [0.29, 0.717) is 34.9 Å². The Morgan fingerprint density at radius 3 is 2.53 bits per heavy atom. The number of thiazole rings is 1. The van der Waals surface area contributed by atoms with E-state index in [0.717, 1.165) is 17.8 Å². The molecular weight excluding hydrogens is 430 g/mol. The van der Waals surface area contributed by atoms with Gasteiger partial charge in [-0.2, -0.15) is 0 Å². The average molecular weight is 452 g/mol. The lowest BCUT2D eigenvalue weighted by molar-refractivity contribution is -0.384. The van der Waals surface area contributed by atoms with E-state index < -0.39 is 4.92 Å². The van der Waals surface area contributed by atoms with Gasteiger partial charge in [0.15, 0.2) is 5.13 Å². The normalized spacial score (nSPS) is 14.7. The van der Waals surface area contributed by atoms with Crippen LogP contribution in [-0.2, 0) is 4.79 Å². The van der Waals surface area contributed by atoms with Crippen LogP contribution in [0.3, 0.4) is 0 Å². The number of anilines is 1. The molecule has 0 radical (unpaired) electrons. The molecule has 0 spiro atoms. The van der Waals surface area contributed by atoms with Crippen molar-refractivity contribution in [2.24, 2.45) is 0 Å². The van der Waals surface area contributed by atoms with Crippen LogP contribution in [0.5, 0.6) is 0 Å². The van der Waals surface area contributed by atoms with Crippen LogP contribution < -0.4 is 5.32 Å². The summed E-state index contributed by atoms with van der Waals surface area (Å²) in [6, 6.07) is 11.3. The van der Waals surface area contributed by atoms with Crippen LogP contribution in [0.15, 0.2) is 48.5 Å². The van der Waals surface area contributed by atoms with Gasteiger partial charge < -0.3 is 9.80 Å². The summed E-state index contributed by atoms with van der Waals surface area (Å²) < 4.78 is 0.819. The van der Waals surface area contributed by atoms with Gasteiger partial charge in [0.25, 0.3) is 11.6 Å². The van der Waals surface area contributed by atoms with Crippen LogP contribution in [0.4, 0.5) is 10.8 Å². The fourth-order valence-electron chi connectivity index (χ4n) is 3.33. The van der Waals surface area contributed by atoms with Crippen molar-refractivity contribution >= 4 is 50.3 Å². The van der Waals surface area contributed by atoms with E-state index in [1.54, 1.807) is 30.3 Å². The summed E-state index contributed by atoms with van der Waals surface area (Å²) in [6.45, 7) is 3.13. The minimum absolute atomic E-state index is 0.00465. The Labute approximate surface area is 188 Å². The first-order valence-corrected chi connectivity index (χ1v) is 10.8. The maximum absolute atomic E-state index is 12.8. The highest BCUT2D eigenvalue weighted by atomic mass is 32.1. The number of hydrogen-bond acceptors (Lipinski definition) is 7. The number of nitrogens with one attached hydrogen (secondary N) is 1. The number of likely N-dealkylation sites (N-methyl/N-ethyl adjacent to an activating group) is 1. The maximum atomic E-state index is 12.8. The number of aromatic nitrogens is 1. The predicted octanol–water partition coefficient (Wildman–Crippen LogP) is 3.24. The van der Waals surface area contributed by atoms with Gasteiger partial charge in [0.05, 0.1) is 15.1 Å². The Hall–Kier alpha value is -3.63. The summed E-state index contributed by atoms with van der Waals surface area (Å²) >= 11 is 1.30. The predicted molar refractivity (Wildman–Crippen MR) is 124 cm³/mol. The largest absolute Gasteiger partial charge is 0.336 e. The Bertz CT molecular complexity index is 1200. The van der Waals surface area contributed by atoms with Gasteiger partial charge in [-0.05, 0) is 49.0 Å². The van der Waals surface area contributed by atoms with Crippen LogP contribution in [-0.4, -0.2) is 64.7 Å². The average Bonchev–Trinajstić information content (AvgIpc) is 3.19. The van der Waals surface area contributed by atoms with Gasteiger partial charge in [0, 0.05) is 50.0 Å². The number of nitro benzene ring substituents is 1. The molecule has 0 unspecified atom stereocenters. The quantitative estimate of drug-likeness (QED) is 0.362. The van der Waals surface area contributed by atoms with Crippen molar-refractivity contribution < 1.29 is 14.5 Å². The third kappa shape index (κ3) is 4.98. The molecule has 1 fully saturated rings. The second-order valence-corrected chi connectivity index (χ2v) is 8.50. The second-order valence-electron chi connectivity index (χ2n) is 7.47. The summed E-state index contributed by atoms with van der Waals surface area (Å²) in [7, 11) is 2.04. The van der Waals surface area contributed by atoms with E-state index in [1.807, 2.05) is 18.0 Å². The monoisotopic (exact) mass is 451 g/mol. The summed E-state index contributed by atoms with van der Waals surface area (Å²) in [5, 5.41) is 13.9. The van der Waals surface area contributed by atoms with Crippen LogP contribution >= 0.6 is 11.3 Å². The molecule has 9 nitrogen and oxygen atoms in total. The highest BCUT2D eigenvalue weighted by molar-refractivity contribution is 7.22. The van der Waals surface area contributed by atoms with Crippen molar-refractivity contribution in [2.45, 2.75) is 0 Å². The van der Waals surface area contributed by atoms with Crippen LogP contribution in [0, 0.1) is 10.1 Å². The van der Waals surface area contributed by atoms with Crippen molar-refractivity contribution in [1.29, 1.82) is 0 Å². The zero-order chi connectivity index (χ0) is 22.7. The van der Waals surface area contributed by atoms with E-state index in [2.05, 4.69) is 15.2 Å². The summed E-state index contributed by atoms with van der Waals surface area (Å²) in [4.78, 5) is 43.7. The molecule has 0 saturated carbocycles. The van der Waals surface area contributed by atoms with Gasteiger partial charge in [-0.1, -0.05) is 11.3 Å². The number of benzene rings is 2. The van der Waals surface area contributed by atoms with Gasteiger partial charge >= 0.3 is 0 Å². The Balaban J connectivity index is 1.41. The zero-order valence-corrected chi connectivity index (χ0v) is 18.2. The highest BCUT2D eigenvalue weighted by Gasteiger charge is 2.21. The maximum Gasteiger partial charge on any atom is 0.269 e. The van der Waals surface area contributed by atoms with Crippen LogP contribution in [0.25, 0.3) is 16.3 Å². The minimum Gasteiger partial charge on any atom is -0.336 e. The zero-order valence-electron chi connectivity index (χ0n) is 17.4. The third-order valence-electron chi connectivity index (χ3n) is 5.19. The lowest BCUT2D eigenvalue weighted by Gasteiger charge is -2.32. The number of hydrogen-bond donors (Lipinski definition) is 1. The first-order chi connectivity index (χ1) is 15.4. The van der Waals surface area contributed by atoms with Gasteiger partial charge in [0.2, 0.25) is 5.91 Å². The lowest BCUT2D eigenvalue weighted by atomic mass is 10.1. The molecule has 0 aliphatic carbocycles. The molecule has 1 aliphatic rings. The van der Waals surface area contributed by atoms with E-state index in [9.17, 15) is 19.7 Å². The van der Waals surface area contributed by atoms with E-state index in [4.69, 9.17) is 0 Å². The first kappa shape index (κ1) is 21.6. The molecule has 1 saturated heterocycles. The van der Waals surface area contributed by atoms with Crippen molar-refractivity contribution in [1.82, 2.24) is 14.8 Å². The Morgan fingerprint density at radius 1 is 1.12 bits per heavy atom. The lowest BCUT2D eigenvalue weighted by Crippen LogP contribution is -2.47. The van der Waals surface area contributed by atoms with Gasteiger partial charge in [-0.3, -0.25) is 25.0 Å². The van der Waals surface area contributed by atoms with Crippen molar-refractivity contribution in [2.75, 3.05) is 38.5 Å². The van der Waals surface area contributed by atoms with Gasteiger partial charge in [-0.25, -0.2) is 4.98 Å². The molecule has 2 amide bonds. The Morgan fingerprint density at radius 2 is 1.84 bits per heavy atom. The summed E-state index contributed by atoms with van der Waals surface area (Å²) in [6.07, 6.45) is 2.91. The molecular formula is C22H21N5O4S. The highest BCUT2D eigenvalue weighted by Crippen LogP contribution is 2.27. The smallest absolute Gasteiger partial charge is 0.269 e. The third-order valence-corrected chi connectivity index (χ3v) is 6.12. The number of nitro groups is 1. The van der Waals surface area contributed by atoms with Gasteiger partial charge in [-0.15, -0.1) is 0 Å². The number of amides is 2. The SMILES string of the molecule is CN1CCN(C(=O)c2ccc3nc(NC(=O)/C=C/c4ccc([N+](=O)[O-])cc4)sc3c2)CC1. The molecule has 32 heavy (non-hydrogen) atoms. The molecule has 3 aromatic rings. The molecule has 4 rings (SSSR count). The molecule has 0 bridgehead atoms.